The monoisotopic (exact) mass is 503 g/mol. The third-order valence-electron chi connectivity index (χ3n) is 5.74. The molecular formula is C29H33N3O5. The van der Waals surface area contributed by atoms with Crippen LogP contribution in [0, 0.1) is 0 Å². The van der Waals surface area contributed by atoms with Crippen LogP contribution >= 0.6 is 0 Å². The molecule has 1 unspecified atom stereocenters. The van der Waals surface area contributed by atoms with E-state index in [0.717, 1.165) is 29.5 Å². The number of amides is 3. The fraction of sp³-hybridized carbons (Fsp3) is 0.276. The molecule has 194 valence electrons. The molecule has 0 spiro atoms. The van der Waals surface area contributed by atoms with Crippen LogP contribution in [0.5, 0.6) is 5.75 Å². The first-order valence-electron chi connectivity index (χ1n) is 12.4. The average Bonchev–Trinajstić information content (AvgIpc) is 2.88. The van der Waals surface area contributed by atoms with Crippen LogP contribution in [0.15, 0.2) is 78.9 Å². The van der Waals surface area contributed by atoms with Crippen molar-refractivity contribution < 1.29 is 24.2 Å². The summed E-state index contributed by atoms with van der Waals surface area (Å²) in [5.41, 5.74) is 3.36. The van der Waals surface area contributed by atoms with Crippen LogP contribution in [0.2, 0.25) is 0 Å². The van der Waals surface area contributed by atoms with Gasteiger partial charge in [0.1, 0.15) is 5.75 Å². The van der Waals surface area contributed by atoms with Gasteiger partial charge in [0.15, 0.2) is 0 Å². The lowest BCUT2D eigenvalue weighted by Crippen LogP contribution is -2.36. The molecule has 0 fully saturated rings. The minimum absolute atomic E-state index is 0.0220. The molecule has 4 N–H and O–H groups in total. The number of alkyl carbamates (subject to hydrolysis) is 1. The highest BCUT2D eigenvalue weighted by Gasteiger charge is 2.15. The molecule has 0 bridgehead atoms. The first-order chi connectivity index (χ1) is 17.9. The van der Waals surface area contributed by atoms with Crippen LogP contribution in [0.25, 0.3) is 11.1 Å². The molecule has 0 saturated carbocycles. The Morgan fingerprint density at radius 3 is 2.32 bits per heavy atom. The maximum absolute atomic E-state index is 12.3. The molecule has 3 rings (SSSR count). The lowest BCUT2D eigenvalue weighted by atomic mass is 10.0. The number of carbonyl (C=O) groups is 3. The number of aromatic hydroxyl groups is 1. The van der Waals surface area contributed by atoms with Crippen molar-refractivity contribution in [1.82, 2.24) is 10.6 Å². The lowest BCUT2D eigenvalue weighted by Gasteiger charge is -2.14. The smallest absolute Gasteiger partial charge is 0.420 e. The van der Waals surface area contributed by atoms with E-state index in [-0.39, 0.29) is 17.7 Å². The first kappa shape index (κ1) is 27.3. The standard InChI is InChI=1S/C29H33N3O5/c1-21(9-8-20-30-27(34)15-7-10-22-16-18-24(33)19-17-22)31-28(35)37-29(36)32-26-14-6-5-13-25(26)23-11-3-2-4-12-23/h2-6,11-14,16-19,21,33H,7-10,15,20H2,1H3,(H,30,34)(H,31,35)(H,32,36). The Morgan fingerprint density at radius 2 is 1.57 bits per heavy atom. The van der Waals surface area contributed by atoms with Gasteiger partial charge in [-0.3, -0.25) is 10.1 Å². The van der Waals surface area contributed by atoms with Crippen molar-refractivity contribution in [3.63, 3.8) is 0 Å². The van der Waals surface area contributed by atoms with E-state index in [4.69, 9.17) is 4.74 Å². The fourth-order valence-electron chi connectivity index (χ4n) is 3.82. The van der Waals surface area contributed by atoms with E-state index < -0.39 is 12.2 Å². The topological polar surface area (TPSA) is 117 Å². The van der Waals surface area contributed by atoms with E-state index in [9.17, 15) is 19.5 Å². The maximum atomic E-state index is 12.3. The number of phenolic OH excluding ortho intramolecular Hbond substituents is 1. The summed E-state index contributed by atoms with van der Waals surface area (Å²) in [5, 5.41) is 17.4. The van der Waals surface area contributed by atoms with Crippen molar-refractivity contribution in [2.24, 2.45) is 0 Å². The maximum Gasteiger partial charge on any atom is 0.420 e. The summed E-state index contributed by atoms with van der Waals surface area (Å²) in [6, 6.07) is 23.6. The number of hydrogen-bond acceptors (Lipinski definition) is 5. The number of anilines is 1. The molecule has 0 heterocycles. The van der Waals surface area contributed by atoms with Crippen LogP contribution in [0.4, 0.5) is 15.3 Å². The van der Waals surface area contributed by atoms with E-state index in [0.29, 0.717) is 31.5 Å². The number of aryl methyl sites for hydroxylation is 1. The van der Waals surface area contributed by atoms with Gasteiger partial charge in [0.2, 0.25) is 5.91 Å². The third kappa shape index (κ3) is 9.68. The van der Waals surface area contributed by atoms with Crippen LogP contribution in [0.1, 0.15) is 38.2 Å². The molecule has 0 aliphatic heterocycles. The minimum Gasteiger partial charge on any atom is -0.508 e. The second kappa shape index (κ2) is 14.3. The Morgan fingerprint density at radius 1 is 0.865 bits per heavy atom. The number of nitrogens with one attached hydrogen (secondary N) is 3. The van der Waals surface area contributed by atoms with Gasteiger partial charge in [-0.2, -0.15) is 0 Å². The zero-order valence-electron chi connectivity index (χ0n) is 20.9. The van der Waals surface area contributed by atoms with Crippen molar-refractivity contribution in [3.05, 3.63) is 84.4 Å². The lowest BCUT2D eigenvalue weighted by molar-refractivity contribution is -0.121. The van der Waals surface area contributed by atoms with Gasteiger partial charge in [-0.1, -0.05) is 60.7 Å². The average molecular weight is 504 g/mol. The van der Waals surface area contributed by atoms with Gasteiger partial charge >= 0.3 is 12.2 Å². The van der Waals surface area contributed by atoms with Gasteiger partial charge in [-0.25, -0.2) is 9.59 Å². The van der Waals surface area contributed by atoms with E-state index >= 15 is 0 Å². The second-order valence-electron chi connectivity index (χ2n) is 8.77. The van der Waals surface area contributed by atoms with E-state index in [1.807, 2.05) is 61.5 Å². The SMILES string of the molecule is CC(CCCNC(=O)CCCc1ccc(O)cc1)NC(=O)OC(=O)Nc1ccccc1-c1ccccc1. The van der Waals surface area contributed by atoms with Gasteiger partial charge in [-0.05, 0) is 61.9 Å². The summed E-state index contributed by atoms with van der Waals surface area (Å²) in [7, 11) is 0. The number of carbonyl (C=O) groups excluding carboxylic acids is 3. The molecule has 1 atom stereocenters. The molecule has 8 nitrogen and oxygen atoms in total. The van der Waals surface area contributed by atoms with E-state index in [1.165, 1.54) is 0 Å². The fourth-order valence-corrected chi connectivity index (χ4v) is 3.82. The first-order valence-corrected chi connectivity index (χ1v) is 12.4. The molecule has 0 saturated heterocycles. The van der Waals surface area contributed by atoms with Crippen LogP contribution in [0.3, 0.4) is 0 Å². The molecule has 3 amide bonds. The summed E-state index contributed by atoms with van der Waals surface area (Å²) < 4.78 is 4.86. The second-order valence-corrected chi connectivity index (χ2v) is 8.77. The number of phenols is 1. The number of ether oxygens (including phenoxy) is 1. The highest BCUT2D eigenvalue weighted by atomic mass is 16.6. The summed E-state index contributed by atoms with van der Waals surface area (Å²) in [6.07, 6.45) is 1.49. The summed E-state index contributed by atoms with van der Waals surface area (Å²) in [6.45, 7) is 2.30. The highest BCUT2D eigenvalue weighted by molar-refractivity contribution is 5.96. The Kier molecular flexibility index (Phi) is 10.5. The van der Waals surface area contributed by atoms with Gasteiger partial charge < -0.3 is 20.5 Å². The van der Waals surface area contributed by atoms with E-state index in [1.54, 1.807) is 24.3 Å². The van der Waals surface area contributed by atoms with Gasteiger partial charge in [0, 0.05) is 24.6 Å². The Labute approximate surface area is 217 Å². The van der Waals surface area contributed by atoms with Crippen molar-refractivity contribution in [3.8, 4) is 16.9 Å². The Hall–Kier alpha value is -4.33. The molecule has 0 radical (unpaired) electrons. The molecule has 0 aliphatic carbocycles. The van der Waals surface area contributed by atoms with Gasteiger partial charge in [-0.15, -0.1) is 0 Å². The van der Waals surface area contributed by atoms with Crippen LogP contribution in [-0.4, -0.2) is 35.8 Å². The van der Waals surface area contributed by atoms with Crippen molar-refractivity contribution in [2.45, 2.75) is 45.1 Å². The molecular weight excluding hydrogens is 470 g/mol. The Balaban J connectivity index is 1.30. The number of hydrogen-bond donors (Lipinski definition) is 4. The Bertz CT molecular complexity index is 1170. The zero-order valence-corrected chi connectivity index (χ0v) is 20.9. The molecule has 8 heteroatoms. The van der Waals surface area contributed by atoms with Crippen LogP contribution < -0.4 is 16.0 Å². The number of benzene rings is 3. The minimum atomic E-state index is -0.868. The predicted octanol–water partition coefficient (Wildman–Crippen LogP) is 5.63. The summed E-state index contributed by atoms with van der Waals surface area (Å²) in [4.78, 5) is 36.4. The molecule has 3 aromatic rings. The molecule has 3 aromatic carbocycles. The highest BCUT2D eigenvalue weighted by Crippen LogP contribution is 2.27. The largest absolute Gasteiger partial charge is 0.508 e. The normalized spacial score (nSPS) is 11.3. The number of rotatable bonds is 11. The van der Waals surface area contributed by atoms with E-state index in [2.05, 4.69) is 16.0 Å². The van der Waals surface area contributed by atoms with Gasteiger partial charge in [0.25, 0.3) is 0 Å². The predicted molar refractivity (Wildman–Crippen MR) is 143 cm³/mol. The van der Waals surface area contributed by atoms with Crippen LogP contribution in [-0.2, 0) is 16.0 Å². The summed E-state index contributed by atoms with van der Waals surface area (Å²) in [5.74, 6) is 0.206. The molecule has 0 aliphatic rings. The zero-order chi connectivity index (χ0) is 26.5. The van der Waals surface area contributed by atoms with Crippen molar-refractivity contribution in [1.29, 1.82) is 0 Å². The van der Waals surface area contributed by atoms with Gasteiger partial charge in [0.05, 0.1) is 5.69 Å². The van der Waals surface area contributed by atoms with Crippen molar-refractivity contribution in [2.75, 3.05) is 11.9 Å². The van der Waals surface area contributed by atoms with Crippen molar-refractivity contribution >= 4 is 23.8 Å². The summed E-state index contributed by atoms with van der Waals surface area (Å²) >= 11 is 0. The molecule has 0 aromatic heterocycles. The molecule has 37 heavy (non-hydrogen) atoms. The third-order valence-corrected chi connectivity index (χ3v) is 5.74. The quantitative estimate of drug-likeness (QED) is 0.200. The number of para-hydroxylation sites is 1.